The van der Waals surface area contributed by atoms with E-state index in [-0.39, 0.29) is 6.42 Å². The van der Waals surface area contributed by atoms with Crippen molar-refractivity contribution in [3.8, 4) is 0 Å². The first-order valence-corrected chi connectivity index (χ1v) is 10.7. The minimum atomic E-state index is -1.44. The number of aliphatic hydroxyl groups excluding tert-OH is 1. The first-order chi connectivity index (χ1) is 15.0. The fourth-order valence-corrected chi connectivity index (χ4v) is 3.30. The van der Waals surface area contributed by atoms with E-state index in [2.05, 4.69) is 21.3 Å². The van der Waals surface area contributed by atoms with Crippen LogP contribution in [0.1, 0.15) is 52.9 Å². The third-order valence-electron chi connectivity index (χ3n) is 5.49. The minimum absolute atomic E-state index is 0.321. The van der Waals surface area contributed by atoms with Crippen LogP contribution < -0.4 is 21.3 Å². The number of carbonyl (C=O) groups is 5. The lowest BCUT2D eigenvalue weighted by atomic mass is 9.96. The van der Waals surface area contributed by atoms with E-state index in [9.17, 15) is 34.2 Å². The van der Waals surface area contributed by atoms with Gasteiger partial charge in [-0.15, -0.1) is 0 Å². The molecular weight excluding hydrogens is 424 g/mol. The topological polar surface area (TPSA) is 194 Å². The standard InChI is InChI=1S/C20H34N4O8/c1-4-10(2)15(18(29)22-13(20(31)32)7-8-14(26)27)23-19(30)16(11(3)25)24-17(28)12-6-5-9-21-12/h10-13,15-16,21,25H,4-9H2,1-3H3,(H,22,29)(H,23,30)(H,24,28)(H,26,27)(H,31,32). The number of hydrogen-bond acceptors (Lipinski definition) is 7. The van der Waals surface area contributed by atoms with Crippen molar-refractivity contribution in [2.24, 2.45) is 5.92 Å². The second-order valence-corrected chi connectivity index (χ2v) is 8.08. The maximum absolute atomic E-state index is 12.8. The summed E-state index contributed by atoms with van der Waals surface area (Å²) in [7, 11) is 0. The summed E-state index contributed by atoms with van der Waals surface area (Å²) in [5.74, 6) is -5.03. The average Bonchev–Trinajstić information content (AvgIpc) is 3.26. The Morgan fingerprint density at radius 1 is 1.00 bits per heavy atom. The normalized spacial score (nSPS) is 20.3. The van der Waals surface area contributed by atoms with Gasteiger partial charge in [0.2, 0.25) is 17.7 Å². The van der Waals surface area contributed by atoms with E-state index in [1.54, 1.807) is 13.8 Å². The number of carboxylic acid groups (broad SMARTS) is 2. The quantitative estimate of drug-likeness (QED) is 0.173. The molecule has 6 atom stereocenters. The molecule has 1 aliphatic heterocycles. The van der Waals surface area contributed by atoms with Gasteiger partial charge in [0.15, 0.2) is 0 Å². The molecule has 0 aromatic rings. The maximum atomic E-state index is 12.8. The molecule has 1 fully saturated rings. The minimum Gasteiger partial charge on any atom is -0.481 e. The van der Waals surface area contributed by atoms with Crippen molar-refractivity contribution < 1.29 is 39.3 Å². The fraction of sp³-hybridized carbons (Fsp3) is 0.750. The molecule has 0 aromatic carbocycles. The molecular formula is C20H34N4O8. The van der Waals surface area contributed by atoms with E-state index < -0.39 is 72.3 Å². The van der Waals surface area contributed by atoms with E-state index in [4.69, 9.17) is 5.11 Å². The van der Waals surface area contributed by atoms with Gasteiger partial charge in [0.25, 0.3) is 0 Å². The SMILES string of the molecule is CCC(C)C(NC(=O)C(NC(=O)C1CCCN1)C(C)O)C(=O)NC(CCC(=O)O)C(=O)O. The van der Waals surface area contributed by atoms with Gasteiger partial charge < -0.3 is 36.6 Å². The molecule has 1 aliphatic rings. The lowest BCUT2D eigenvalue weighted by molar-refractivity contribution is -0.144. The molecule has 0 aromatic heterocycles. The van der Waals surface area contributed by atoms with Gasteiger partial charge in [-0.25, -0.2) is 4.79 Å². The van der Waals surface area contributed by atoms with Crippen molar-refractivity contribution in [1.29, 1.82) is 0 Å². The van der Waals surface area contributed by atoms with Crippen LogP contribution in [-0.2, 0) is 24.0 Å². The van der Waals surface area contributed by atoms with Crippen LogP contribution >= 0.6 is 0 Å². The van der Waals surface area contributed by atoms with Crippen molar-refractivity contribution in [3.63, 3.8) is 0 Å². The summed E-state index contributed by atoms with van der Waals surface area (Å²) in [5, 5.41) is 38.3. The number of aliphatic hydroxyl groups is 1. The van der Waals surface area contributed by atoms with Gasteiger partial charge in [0.05, 0.1) is 12.1 Å². The van der Waals surface area contributed by atoms with Gasteiger partial charge in [-0.1, -0.05) is 20.3 Å². The van der Waals surface area contributed by atoms with Gasteiger partial charge in [0, 0.05) is 6.42 Å². The van der Waals surface area contributed by atoms with E-state index >= 15 is 0 Å². The summed E-state index contributed by atoms with van der Waals surface area (Å²) in [4.78, 5) is 60.1. The summed E-state index contributed by atoms with van der Waals surface area (Å²) < 4.78 is 0. The maximum Gasteiger partial charge on any atom is 0.326 e. The number of amides is 3. The first-order valence-electron chi connectivity index (χ1n) is 10.7. The molecule has 0 spiro atoms. The van der Waals surface area contributed by atoms with Crippen LogP contribution in [0.2, 0.25) is 0 Å². The average molecular weight is 459 g/mol. The zero-order chi connectivity index (χ0) is 24.4. The van der Waals surface area contributed by atoms with Crippen LogP contribution in [0, 0.1) is 5.92 Å². The number of aliphatic carboxylic acids is 2. The largest absolute Gasteiger partial charge is 0.481 e. The molecule has 3 amide bonds. The molecule has 0 aliphatic carbocycles. The predicted octanol–water partition coefficient (Wildman–Crippen LogP) is -1.43. The Morgan fingerprint density at radius 2 is 1.62 bits per heavy atom. The predicted molar refractivity (Wildman–Crippen MR) is 112 cm³/mol. The van der Waals surface area contributed by atoms with Crippen LogP contribution in [0.25, 0.3) is 0 Å². The molecule has 32 heavy (non-hydrogen) atoms. The molecule has 0 radical (unpaired) electrons. The third-order valence-corrected chi connectivity index (χ3v) is 5.49. The monoisotopic (exact) mass is 458 g/mol. The highest BCUT2D eigenvalue weighted by molar-refractivity contribution is 5.94. The van der Waals surface area contributed by atoms with Gasteiger partial charge in [-0.2, -0.15) is 0 Å². The molecule has 12 heteroatoms. The number of carboxylic acids is 2. The highest BCUT2D eigenvalue weighted by Crippen LogP contribution is 2.11. The van der Waals surface area contributed by atoms with E-state index in [0.29, 0.717) is 19.4 Å². The summed E-state index contributed by atoms with van der Waals surface area (Å²) in [6, 6.07) is -4.38. The van der Waals surface area contributed by atoms with Crippen LogP contribution in [0.4, 0.5) is 0 Å². The van der Waals surface area contributed by atoms with Gasteiger partial charge >= 0.3 is 11.9 Å². The summed E-state index contributed by atoms with van der Waals surface area (Å²) in [6.07, 6.45) is -0.148. The molecule has 7 N–H and O–H groups in total. The zero-order valence-corrected chi connectivity index (χ0v) is 18.6. The number of hydrogen-bond donors (Lipinski definition) is 7. The second kappa shape index (κ2) is 13.0. The van der Waals surface area contributed by atoms with Crippen LogP contribution in [0.5, 0.6) is 0 Å². The highest BCUT2D eigenvalue weighted by Gasteiger charge is 2.35. The van der Waals surface area contributed by atoms with Crippen LogP contribution in [0.3, 0.4) is 0 Å². The number of rotatable bonds is 13. The first kappa shape index (κ1) is 27.3. The van der Waals surface area contributed by atoms with Crippen LogP contribution in [-0.4, -0.2) is 81.8 Å². The Hall–Kier alpha value is -2.73. The summed E-state index contributed by atoms with van der Waals surface area (Å²) in [5.41, 5.74) is 0. The lowest BCUT2D eigenvalue weighted by Crippen LogP contribution is -2.60. The lowest BCUT2D eigenvalue weighted by Gasteiger charge is -2.29. The van der Waals surface area contributed by atoms with Crippen molar-refractivity contribution in [2.75, 3.05) is 6.54 Å². The zero-order valence-electron chi connectivity index (χ0n) is 18.6. The summed E-state index contributed by atoms with van der Waals surface area (Å²) >= 11 is 0. The molecule has 6 unspecified atom stereocenters. The molecule has 0 saturated carbocycles. The highest BCUT2D eigenvalue weighted by atomic mass is 16.4. The molecule has 1 saturated heterocycles. The van der Waals surface area contributed by atoms with Gasteiger partial charge in [0.1, 0.15) is 18.1 Å². The van der Waals surface area contributed by atoms with Crippen molar-refractivity contribution >= 4 is 29.7 Å². The van der Waals surface area contributed by atoms with Crippen molar-refractivity contribution in [1.82, 2.24) is 21.3 Å². The van der Waals surface area contributed by atoms with Crippen molar-refractivity contribution in [2.45, 2.75) is 83.1 Å². The Morgan fingerprint density at radius 3 is 2.09 bits per heavy atom. The third kappa shape index (κ3) is 8.42. The van der Waals surface area contributed by atoms with Crippen LogP contribution in [0.15, 0.2) is 0 Å². The smallest absolute Gasteiger partial charge is 0.326 e. The Balaban J connectivity index is 2.90. The van der Waals surface area contributed by atoms with E-state index in [0.717, 1.165) is 6.42 Å². The molecule has 1 heterocycles. The van der Waals surface area contributed by atoms with E-state index in [1.165, 1.54) is 6.92 Å². The Bertz CT molecular complexity index is 693. The molecule has 182 valence electrons. The second-order valence-electron chi connectivity index (χ2n) is 8.08. The Kier molecular flexibility index (Phi) is 11.1. The summed E-state index contributed by atoms with van der Waals surface area (Å²) in [6.45, 7) is 5.45. The van der Waals surface area contributed by atoms with Crippen molar-refractivity contribution in [3.05, 3.63) is 0 Å². The number of nitrogens with one attached hydrogen (secondary N) is 4. The number of carbonyl (C=O) groups excluding carboxylic acids is 3. The van der Waals surface area contributed by atoms with E-state index in [1.807, 2.05) is 0 Å². The molecule has 1 rings (SSSR count). The van der Waals surface area contributed by atoms with Gasteiger partial charge in [-0.05, 0) is 38.6 Å². The molecule has 12 nitrogen and oxygen atoms in total. The Labute approximate surface area is 186 Å². The fourth-order valence-electron chi connectivity index (χ4n) is 3.30. The van der Waals surface area contributed by atoms with Gasteiger partial charge in [-0.3, -0.25) is 19.2 Å². The molecule has 0 bridgehead atoms.